The number of hydrogen-bond acceptors (Lipinski definition) is 5. The normalized spacial score (nSPS) is 15.3. The molecule has 1 aromatic carbocycles. The first kappa shape index (κ1) is 23.1. The Morgan fingerprint density at radius 3 is 2.32 bits per heavy atom. The minimum absolute atomic E-state index is 0.0553. The van der Waals surface area contributed by atoms with E-state index in [1.165, 1.54) is 16.6 Å². The molecular weight excluding hydrogens is 416 g/mol. The van der Waals surface area contributed by atoms with Gasteiger partial charge in [0.25, 0.3) is 5.91 Å². The van der Waals surface area contributed by atoms with Crippen LogP contribution in [0.1, 0.15) is 37.2 Å². The van der Waals surface area contributed by atoms with E-state index in [0.717, 1.165) is 37.4 Å². The predicted octanol–water partition coefficient (Wildman–Crippen LogP) is 2.46. The van der Waals surface area contributed by atoms with Crippen molar-refractivity contribution in [2.75, 3.05) is 38.2 Å². The van der Waals surface area contributed by atoms with Crippen molar-refractivity contribution in [3.8, 4) is 5.75 Å². The maximum absolute atomic E-state index is 12.8. The van der Waals surface area contributed by atoms with E-state index < -0.39 is 10.0 Å². The number of carbonyl (C=O) groups excluding carboxylic acids is 1. The van der Waals surface area contributed by atoms with E-state index in [-0.39, 0.29) is 16.8 Å². The predicted molar refractivity (Wildman–Crippen MR) is 121 cm³/mol. The smallest absolute Gasteiger partial charge is 0.268 e. The van der Waals surface area contributed by atoms with Gasteiger partial charge in [-0.2, -0.15) is 4.31 Å². The summed E-state index contributed by atoms with van der Waals surface area (Å²) in [4.78, 5) is 15.3. The highest BCUT2D eigenvalue weighted by molar-refractivity contribution is 7.89. The van der Waals surface area contributed by atoms with Gasteiger partial charge in [-0.25, -0.2) is 8.42 Å². The van der Waals surface area contributed by atoms with E-state index in [4.69, 9.17) is 4.74 Å². The molecule has 1 saturated heterocycles. The van der Waals surface area contributed by atoms with Gasteiger partial charge in [0.2, 0.25) is 10.0 Å². The molecule has 0 atom stereocenters. The van der Waals surface area contributed by atoms with Crippen molar-refractivity contribution in [1.82, 2.24) is 14.2 Å². The number of ether oxygens (including phenoxy) is 1. The summed E-state index contributed by atoms with van der Waals surface area (Å²) >= 11 is 0. The first-order valence-corrected chi connectivity index (χ1v) is 12.1. The Morgan fingerprint density at radius 1 is 1.16 bits per heavy atom. The molecule has 1 aliphatic heterocycles. The van der Waals surface area contributed by atoms with Crippen LogP contribution >= 0.6 is 0 Å². The summed E-state index contributed by atoms with van der Waals surface area (Å²) in [6.07, 6.45) is 3.16. The topological polar surface area (TPSA) is 83.9 Å². The number of carbonyl (C=O) groups is 1. The zero-order chi connectivity index (χ0) is 22.6. The number of benzene rings is 1. The van der Waals surface area contributed by atoms with E-state index in [9.17, 15) is 13.2 Å². The van der Waals surface area contributed by atoms with Gasteiger partial charge in [0.1, 0.15) is 16.3 Å². The fraction of sp³-hybridized carbons (Fsp3) is 0.500. The van der Waals surface area contributed by atoms with E-state index >= 15 is 0 Å². The van der Waals surface area contributed by atoms with Gasteiger partial charge in [-0.3, -0.25) is 4.79 Å². The van der Waals surface area contributed by atoms with Gasteiger partial charge >= 0.3 is 0 Å². The zero-order valence-corrected chi connectivity index (χ0v) is 19.5. The lowest BCUT2D eigenvalue weighted by atomic mass is 10.0. The molecule has 0 saturated carbocycles. The van der Waals surface area contributed by atoms with E-state index in [1.54, 1.807) is 32.6 Å². The van der Waals surface area contributed by atoms with Crippen LogP contribution in [0.2, 0.25) is 0 Å². The Morgan fingerprint density at radius 2 is 1.77 bits per heavy atom. The SMILES string of the molecule is CCN(CC)S(=O)(=O)c1cc(C(=O)NC2CCN(c3ccc(OC)cc3)CC2)n(C)c1. The molecule has 0 bridgehead atoms. The molecule has 9 heteroatoms. The molecule has 170 valence electrons. The molecule has 1 fully saturated rings. The largest absolute Gasteiger partial charge is 0.497 e. The Balaban J connectivity index is 1.62. The van der Waals surface area contributed by atoms with Crippen molar-refractivity contribution in [1.29, 1.82) is 0 Å². The summed E-state index contributed by atoms with van der Waals surface area (Å²) in [7, 11) is -0.248. The van der Waals surface area contributed by atoms with Crippen molar-refractivity contribution < 1.29 is 17.9 Å². The highest BCUT2D eigenvalue weighted by atomic mass is 32.2. The number of aryl methyl sites for hydroxylation is 1. The van der Waals surface area contributed by atoms with Crippen LogP contribution in [-0.2, 0) is 17.1 Å². The molecule has 1 N–H and O–H groups in total. The molecule has 0 unspecified atom stereocenters. The molecule has 2 heterocycles. The quantitative estimate of drug-likeness (QED) is 0.671. The highest BCUT2D eigenvalue weighted by Gasteiger charge is 2.27. The van der Waals surface area contributed by atoms with E-state index in [0.29, 0.717) is 18.8 Å². The second-order valence-electron chi connectivity index (χ2n) is 7.69. The number of amides is 1. The third kappa shape index (κ3) is 5.04. The summed E-state index contributed by atoms with van der Waals surface area (Å²) in [5.74, 6) is 0.585. The van der Waals surface area contributed by atoms with Crippen LogP contribution in [0.15, 0.2) is 41.4 Å². The molecule has 31 heavy (non-hydrogen) atoms. The van der Waals surface area contributed by atoms with Crippen molar-refractivity contribution in [3.05, 3.63) is 42.2 Å². The van der Waals surface area contributed by atoms with Crippen LogP contribution in [0.25, 0.3) is 0 Å². The molecule has 2 aromatic rings. The van der Waals surface area contributed by atoms with Gasteiger partial charge in [-0.1, -0.05) is 13.8 Å². The lowest BCUT2D eigenvalue weighted by molar-refractivity contribution is 0.0923. The minimum Gasteiger partial charge on any atom is -0.497 e. The second-order valence-corrected chi connectivity index (χ2v) is 9.63. The number of anilines is 1. The number of aromatic nitrogens is 1. The fourth-order valence-corrected chi connectivity index (χ4v) is 5.48. The number of nitrogens with zero attached hydrogens (tertiary/aromatic N) is 3. The van der Waals surface area contributed by atoms with Crippen LogP contribution < -0.4 is 15.0 Å². The average molecular weight is 449 g/mol. The van der Waals surface area contributed by atoms with Crippen molar-refractivity contribution >= 4 is 21.6 Å². The monoisotopic (exact) mass is 448 g/mol. The maximum atomic E-state index is 12.8. The average Bonchev–Trinajstić information content (AvgIpc) is 3.18. The van der Waals surface area contributed by atoms with Crippen molar-refractivity contribution in [2.24, 2.45) is 7.05 Å². The fourth-order valence-electron chi connectivity index (χ4n) is 3.95. The molecule has 1 aliphatic rings. The Labute approximate surface area is 184 Å². The van der Waals surface area contributed by atoms with Gasteiger partial charge < -0.3 is 19.5 Å². The minimum atomic E-state index is -3.60. The summed E-state index contributed by atoms with van der Waals surface area (Å²) in [6, 6.07) is 9.50. The van der Waals surface area contributed by atoms with Crippen molar-refractivity contribution in [3.63, 3.8) is 0 Å². The third-order valence-electron chi connectivity index (χ3n) is 5.82. The summed E-state index contributed by atoms with van der Waals surface area (Å²) in [5, 5.41) is 3.07. The van der Waals surface area contributed by atoms with Gasteiger partial charge in [0.05, 0.1) is 7.11 Å². The molecule has 3 rings (SSSR count). The van der Waals surface area contributed by atoms with Gasteiger partial charge in [-0.05, 0) is 43.2 Å². The lowest BCUT2D eigenvalue weighted by Crippen LogP contribution is -2.45. The third-order valence-corrected chi connectivity index (χ3v) is 7.84. The molecule has 8 nitrogen and oxygen atoms in total. The standard InChI is InChI=1S/C22H32N4O4S/c1-5-26(6-2)31(28,29)20-15-21(24(3)16-20)22(27)23-17-11-13-25(14-12-17)18-7-9-19(30-4)10-8-18/h7-10,15-17H,5-6,11-14H2,1-4H3,(H,23,27). The van der Waals surface area contributed by atoms with Crippen molar-refractivity contribution in [2.45, 2.75) is 37.6 Å². The van der Waals surface area contributed by atoms with Crippen LogP contribution in [0, 0.1) is 0 Å². The lowest BCUT2D eigenvalue weighted by Gasteiger charge is -2.34. The molecule has 0 radical (unpaired) electrons. The number of nitrogens with one attached hydrogen (secondary N) is 1. The number of methoxy groups -OCH3 is 1. The van der Waals surface area contributed by atoms with Gasteiger partial charge in [0, 0.05) is 51.2 Å². The Bertz CT molecular complexity index is 989. The second kappa shape index (κ2) is 9.74. The first-order valence-electron chi connectivity index (χ1n) is 10.7. The Kier molecular flexibility index (Phi) is 7.27. The molecule has 0 aliphatic carbocycles. The van der Waals surface area contributed by atoms with Crippen LogP contribution in [0.4, 0.5) is 5.69 Å². The molecular formula is C22H32N4O4S. The molecule has 0 spiro atoms. The highest BCUT2D eigenvalue weighted by Crippen LogP contribution is 2.23. The van der Waals surface area contributed by atoms with Gasteiger partial charge in [-0.15, -0.1) is 0 Å². The molecule has 1 aromatic heterocycles. The number of hydrogen-bond donors (Lipinski definition) is 1. The maximum Gasteiger partial charge on any atom is 0.268 e. The number of piperidine rings is 1. The molecule has 1 amide bonds. The van der Waals surface area contributed by atoms with E-state index in [2.05, 4.69) is 10.2 Å². The van der Waals surface area contributed by atoms with Crippen LogP contribution in [0.3, 0.4) is 0 Å². The van der Waals surface area contributed by atoms with Crippen LogP contribution in [-0.4, -0.2) is 62.5 Å². The zero-order valence-electron chi connectivity index (χ0n) is 18.7. The number of rotatable bonds is 8. The Hall–Kier alpha value is -2.52. The van der Waals surface area contributed by atoms with Gasteiger partial charge in [0.15, 0.2) is 0 Å². The summed E-state index contributed by atoms with van der Waals surface area (Å²) < 4.78 is 33.7. The van der Waals surface area contributed by atoms with E-state index in [1.807, 2.05) is 24.3 Å². The summed E-state index contributed by atoms with van der Waals surface area (Å²) in [5.41, 5.74) is 1.49. The summed E-state index contributed by atoms with van der Waals surface area (Å²) in [6.45, 7) is 6.06. The van der Waals surface area contributed by atoms with Crippen LogP contribution in [0.5, 0.6) is 5.75 Å². The first-order chi connectivity index (χ1) is 14.8. The number of sulfonamides is 1.